The molecule has 4 aromatic rings. The van der Waals surface area contributed by atoms with Gasteiger partial charge >= 0.3 is 0 Å². The standard InChI is InChI=1S/C25H26N6O3/c1-17(18-7-3-2-4-8-18)26-24(33)23-19-15-30(12-10-21(19)31(28-23)13-14-32)25(34)20-16-29-11-6-5-9-22(29)27-20/h2-9,11,16-17,32H,10,12-15H2,1H3,(H,26,33). The van der Waals surface area contributed by atoms with Crippen molar-refractivity contribution in [1.82, 2.24) is 29.4 Å². The summed E-state index contributed by atoms with van der Waals surface area (Å²) < 4.78 is 3.50. The van der Waals surface area contributed by atoms with Crippen molar-refractivity contribution in [1.29, 1.82) is 0 Å². The van der Waals surface area contributed by atoms with Gasteiger partial charge in [-0.05, 0) is 24.6 Å². The third-order valence-corrected chi connectivity index (χ3v) is 6.18. The molecule has 4 heterocycles. The highest BCUT2D eigenvalue weighted by atomic mass is 16.3. The van der Waals surface area contributed by atoms with Gasteiger partial charge in [0.15, 0.2) is 5.69 Å². The Morgan fingerprint density at radius 1 is 1.15 bits per heavy atom. The quantitative estimate of drug-likeness (QED) is 0.461. The fourth-order valence-corrected chi connectivity index (χ4v) is 4.42. The molecule has 0 bridgehead atoms. The second kappa shape index (κ2) is 9.11. The molecule has 174 valence electrons. The molecule has 5 rings (SSSR count). The van der Waals surface area contributed by atoms with Crippen molar-refractivity contribution in [2.45, 2.75) is 32.5 Å². The first-order chi connectivity index (χ1) is 16.5. The van der Waals surface area contributed by atoms with E-state index in [0.29, 0.717) is 36.5 Å². The van der Waals surface area contributed by atoms with Gasteiger partial charge in [-0.15, -0.1) is 0 Å². The SMILES string of the molecule is CC(NC(=O)c1nn(CCO)c2c1CN(C(=O)c1cn3ccccc3n1)CC2)c1ccccc1. The summed E-state index contributed by atoms with van der Waals surface area (Å²) in [6.45, 7) is 2.88. The summed E-state index contributed by atoms with van der Waals surface area (Å²) in [6, 6.07) is 15.1. The lowest BCUT2D eigenvalue weighted by atomic mass is 10.0. The number of imidazole rings is 1. The maximum atomic E-state index is 13.2. The van der Waals surface area contributed by atoms with E-state index in [-0.39, 0.29) is 31.0 Å². The average Bonchev–Trinajstić information content (AvgIpc) is 3.46. The number of hydrogen-bond acceptors (Lipinski definition) is 5. The molecule has 0 radical (unpaired) electrons. The van der Waals surface area contributed by atoms with E-state index >= 15 is 0 Å². The van der Waals surface area contributed by atoms with Crippen LogP contribution < -0.4 is 5.32 Å². The molecular formula is C25H26N6O3. The van der Waals surface area contributed by atoms with Gasteiger partial charge in [-0.1, -0.05) is 36.4 Å². The third kappa shape index (κ3) is 4.06. The second-order valence-electron chi connectivity index (χ2n) is 8.40. The molecule has 0 saturated heterocycles. The highest BCUT2D eigenvalue weighted by molar-refractivity contribution is 5.96. The maximum Gasteiger partial charge on any atom is 0.274 e. The van der Waals surface area contributed by atoms with Crippen LogP contribution in [-0.2, 0) is 19.5 Å². The van der Waals surface area contributed by atoms with Crippen molar-refractivity contribution in [3.63, 3.8) is 0 Å². The number of pyridine rings is 1. The minimum absolute atomic E-state index is 0.0838. The van der Waals surface area contributed by atoms with Crippen molar-refractivity contribution in [2.75, 3.05) is 13.2 Å². The largest absolute Gasteiger partial charge is 0.394 e. The van der Waals surface area contributed by atoms with Gasteiger partial charge in [-0.3, -0.25) is 14.3 Å². The van der Waals surface area contributed by atoms with Gasteiger partial charge in [0.2, 0.25) is 0 Å². The topological polar surface area (TPSA) is 105 Å². The first-order valence-electron chi connectivity index (χ1n) is 11.3. The van der Waals surface area contributed by atoms with Gasteiger partial charge in [0.25, 0.3) is 11.8 Å². The van der Waals surface area contributed by atoms with Crippen LogP contribution in [0.2, 0.25) is 0 Å². The Balaban J connectivity index is 1.41. The summed E-state index contributed by atoms with van der Waals surface area (Å²) in [4.78, 5) is 32.6. The lowest BCUT2D eigenvalue weighted by Crippen LogP contribution is -2.37. The van der Waals surface area contributed by atoms with Crippen molar-refractivity contribution >= 4 is 17.5 Å². The lowest BCUT2D eigenvalue weighted by molar-refractivity contribution is 0.0724. The van der Waals surface area contributed by atoms with Crippen LogP contribution in [0.25, 0.3) is 5.65 Å². The van der Waals surface area contributed by atoms with Gasteiger partial charge in [0.1, 0.15) is 11.3 Å². The van der Waals surface area contributed by atoms with Crippen LogP contribution in [0.1, 0.15) is 50.8 Å². The zero-order chi connectivity index (χ0) is 23.7. The fourth-order valence-electron chi connectivity index (χ4n) is 4.42. The van der Waals surface area contributed by atoms with Crippen LogP contribution in [0.3, 0.4) is 0 Å². The van der Waals surface area contributed by atoms with Gasteiger partial charge in [-0.2, -0.15) is 5.10 Å². The van der Waals surface area contributed by atoms with E-state index < -0.39 is 0 Å². The fraction of sp³-hybridized carbons (Fsp3) is 0.280. The molecule has 0 aliphatic carbocycles. The molecule has 0 spiro atoms. The Morgan fingerprint density at radius 3 is 2.71 bits per heavy atom. The second-order valence-corrected chi connectivity index (χ2v) is 8.40. The number of nitrogens with zero attached hydrogens (tertiary/aromatic N) is 5. The van der Waals surface area contributed by atoms with Crippen molar-refractivity contribution < 1.29 is 14.7 Å². The molecule has 3 aromatic heterocycles. The van der Waals surface area contributed by atoms with Crippen LogP contribution in [0.15, 0.2) is 60.9 Å². The highest BCUT2D eigenvalue weighted by Gasteiger charge is 2.31. The summed E-state index contributed by atoms with van der Waals surface area (Å²) in [7, 11) is 0. The van der Waals surface area contributed by atoms with Gasteiger partial charge in [-0.25, -0.2) is 4.98 Å². The zero-order valence-corrected chi connectivity index (χ0v) is 18.9. The Hall–Kier alpha value is -3.98. The molecule has 0 fully saturated rings. The summed E-state index contributed by atoms with van der Waals surface area (Å²) in [5.41, 5.74) is 3.94. The maximum absolute atomic E-state index is 13.2. The van der Waals surface area contributed by atoms with Crippen LogP contribution in [-0.4, -0.2) is 54.1 Å². The Morgan fingerprint density at radius 2 is 1.94 bits per heavy atom. The molecule has 1 aliphatic heterocycles. The number of aliphatic hydroxyl groups is 1. The normalized spacial score (nSPS) is 14.1. The minimum atomic E-state index is -0.300. The third-order valence-electron chi connectivity index (χ3n) is 6.18. The number of rotatable bonds is 6. The highest BCUT2D eigenvalue weighted by Crippen LogP contribution is 2.25. The van der Waals surface area contributed by atoms with E-state index in [1.807, 2.05) is 66.1 Å². The summed E-state index contributed by atoms with van der Waals surface area (Å²) >= 11 is 0. The van der Waals surface area contributed by atoms with E-state index in [1.54, 1.807) is 15.8 Å². The number of carbonyl (C=O) groups is 2. The molecule has 1 atom stereocenters. The van der Waals surface area contributed by atoms with Crippen LogP contribution in [0, 0.1) is 0 Å². The Kier molecular flexibility index (Phi) is 5.85. The predicted octanol–water partition coefficient (Wildman–Crippen LogP) is 2.21. The Bertz CT molecular complexity index is 1310. The van der Waals surface area contributed by atoms with Gasteiger partial charge in [0, 0.05) is 36.6 Å². The molecule has 2 N–H and O–H groups in total. The number of nitrogens with one attached hydrogen (secondary N) is 1. The number of fused-ring (bicyclic) bond motifs is 2. The van der Waals surface area contributed by atoms with Crippen molar-refractivity contribution in [3.8, 4) is 0 Å². The Labute approximate surface area is 196 Å². The van der Waals surface area contributed by atoms with E-state index in [2.05, 4.69) is 15.4 Å². The number of hydrogen-bond donors (Lipinski definition) is 2. The smallest absolute Gasteiger partial charge is 0.274 e. The average molecular weight is 459 g/mol. The number of benzene rings is 1. The molecule has 9 heteroatoms. The minimum Gasteiger partial charge on any atom is -0.394 e. The number of amides is 2. The van der Waals surface area contributed by atoms with Gasteiger partial charge < -0.3 is 19.7 Å². The molecule has 2 amide bonds. The van der Waals surface area contributed by atoms with E-state index in [9.17, 15) is 14.7 Å². The summed E-state index contributed by atoms with van der Waals surface area (Å²) in [6.07, 6.45) is 4.11. The van der Waals surface area contributed by atoms with Crippen molar-refractivity contribution in [3.05, 3.63) is 89.1 Å². The molecule has 1 aliphatic rings. The van der Waals surface area contributed by atoms with Crippen molar-refractivity contribution in [2.24, 2.45) is 0 Å². The van der Waals surface area contributed by atoms with E-state index in [1.165, 1.54) is 0 Å². The zero-order valence-electron chi connectivity index (χ0n) is 18.9. The number of carbonyl (C=O) groups excluding carboxylic acids is 2. The first-order valence-corrected chi connectivity index (χ1v) is 11.3. The summed E-state index contributed by atoms with van der Waals surface area (Å²) in [5, 5.41) is 17.0. The van der Waals surface area contributed by atoms with E-state index in [0.717, 1.165) is 16.8 Å². The molecule has 1 aromatic carbocycles. The van der Waals surface area contributed by atoms with Crippen LogP contribution >= 0.6 is 0 Å². The van der Waals surface area contributed by atoms with Crippen LogP contribution in [0.5, 0.6) is 0 Å². The number of aliphatic hydroxyl groups excluding tert-OH is 1. The lowest BCUT2D eigenvalue weighted by Gasteiger charge is -2.27. The molecule has 9 nitrogen and oxygen atoms in total. The first kappa shape index (κ1) is 21.8. The van der Waals surface area contributed by atoms with Crippen LogP contribution in [0.4, 0.5) is 0 Å². The van der Waals surface area contributed by atoms with E-state index in [4.69, 9.17) is 0 Å². The number of aromatic nitrogens is 4. The molecule has 0 saturated carbocycles. The monoisotopic (exact) mass is 458 g/mol. The molecular weight excluding hydrogens is 432 g/mol. The predicted molar refractivity (Wildman–Crippen MR) is 125 cm³/mol. The molecule has 34 heavy (non-hydrogen) atoms. The molecule has 1 unspecified atom stereocenters. The summed E-state index contributed by atoms with van der Waals surface area (Å²) in [5.74, 6) is -0.486. The van der Waals surface area contributed by atoms with Gasteiger partial charge in [0.05, 0.1) is 25.7 Å².